The van der Waals surface area contributed by atoms with Gasteiger partial charge in [-0.25, -0.2) is 9.59 Å². The van der Waals surface area contributed by atoms with E-state index in [2.05, 4.69) is 19.6 Å². The molecule has 3 saturated heterocycles. The maximum atomic E-state index is 12.2. The monoisotopic (exact) mass is 452 g/mol. The highest BCUT2D eigenvalue weighted by Gasteiger charge is 2.43. The van der Waals surface area contributed by atoms with Crippen molar-refractivity contribution in [1.29, 1.82) is 0 Å². The molecule has 1 aromatic rings. The van der Waals surface area contributed by atoms with Crippen LogP contribution in [0.4, 0.5) is 10.7 Å². The molecule has 2 atom stereocenters. The number of piperazine rings is 1. The summed E-state index contributed by atoms with van der Waals surface area (Å²) in [5.41, 5.74) is 0. The van der Waals surface area contributed by atoms with Crippen LogP contribution in [0.15, 0.2) is 9.32 Å². The minimum atomic E-state index is -0.816. The minimum Gasteiger partial charge on any atom is -0.480 e. The smallest absolute Gasteiger partial charge is 0.440 e. The number of hydrogen-bond donors (Lipinski definition) is 2. The molecule has 4 rings (SSSR count). The summed E-state index contributed by atoms with van der Waals surface area (Å²) in [6.45, 7) is 4.42. The molecule has 3 aliphatic heterocycles. The van der Waals surface area contributed by atoms with Gasteiger partial charge in [0.15, 0.2) is 6.23 Å². The van der Waals surface area contributed by atoms with Crippen LogP contribution in [0.2, 0.25) is 0 Å². The number of nitrogens with zero attached hydrogens (tertiary/aromatic N) is 5. The molecule has 4 heterocycles. The van der Waals surface area contributed by atoms with Crippen molar-refractivity contribution >= 4 is 18.0 Å². The van der Waals surface area contributed by atoms with Gasteiger partial charge >= 0.3 is 17.8 Å². The SMILES string of the molecule is CN1C(=O)OC(N2CCN(CC(=O)O)CC2)C1CCCC1CCN(c2noc(=O)[nH]2)CC1. The number of amides is 1. The minimum absolute atomic E-state index is 0.00817. The fraction of sp³-hybridized carbons (Fsp3) is 0.800. The molecule has 0 aromatic carbocycles. The Bertz CT molecular complexity index is 842. The number of carboxylic acids is 1. The molecule has 0 saturated carbocycles. The molecule has 12 nitrogen and oxygen atoms in total. The van der Waals surface area contributed by atoms with Crippen molar-refractivity contribution in [2.45, 2.75) is 44.4 Å². The van der Waals surface area contributed by atoms with Crippen LogP contribution in [-0.4, -0.2) is 107 Å². The predicted octanol–water partition coefficient (Wildman–Crippen LogP) is 0.229. The number of hydrogen-bond acceptors (Lipinski definition) is 9. The Morgan fingerprint density at radius 2 is 1.84 bits per heavy atom. The van der Waals surface area contributed by atoms with Gasteiger partial charge in [-0.1, -0.05) is 12.8 Å². The number of H-pyrrole nitrogens is 1. The van der Waals surface area contributed by atoms with Gasteiger partial charge in [-0.3, -0.25) is 24.1 Å². The van der Waals surface area contributed by atoms with E-state index in [-0.39, 0.29) is 24.9 Å². The van der Waals surface area contributed by atoms with Crippen LogP contribution in [0.25, 0.3) is 0 Å². The van der Waals surface area contributed by atoms with E-state index in [9.17, 15) is 14.4 Å². The average Bonchev–Trinajstić information content (AvgIpc) is 3.33. The third kappa shape index (κ3) is 5.23. The Balaban J connectivity index is 1.22. The van der Waals surface area contributed by atoms with Crippen molar-refractivity contribution in [3.63, 3.8) is 0 Å². The largest absolute Gasteiger partial charge is 0.480 e. The molecule has 0 bridgehead atoms. The highest BCUT2D eigenvalue weighted by atomic mass is 16.6. The topological polar surface area (TPSA) is 135 Å². The lowest BCUT2D eigenvalue weighted by atomic mass is 9.90. The van der Waals surface area contributed by atoms with Crippen molar-refractivity contribution in [3.8, 4) is 0 Å². The molecule has 2 unspecified atom stereocenters. The van der Waals surface area contributed by atoms with Crippen LogP contribution in [0.3, 0.4) is 0 Å². The third-order valence-electron chi connectivity index (χ3n) is 6.92. The van der Waals surface area contributed by atoms with Gasteiger partial charge < -0.3 is 19.6 Å². The first kappa shape index (κ1) is 22.6. The molecule has 1 amide bonds. The number of piperidine rings is 1. The van der Waals surface area contributed by atoms with E-state index in [1.54, 1.807) is 11.9 Å². The summed E-state index contributed by atoms with van der Waals surface area (Å²) < 4.78 is 10.3. The lowest BCUT2D eigenvalue weighted by Crippen LogP contribution is -2.54. The third-order valence-corrected chi connectivity index (χ3v) is 6.92. The number of cyclic esters (lactones) is 1. The summed E-state index contributed by atoms with van der Waals surface area (Å²) in [5, 5.41) is 12.7. The highest BCUT2D eigenvalue weighted by molar-refractivity contribution is 5.70. The molecule has 178 valence electrons. The van der Waals surface area contributed by atoms with E-state index >= 15 is 0 Å². The van der Waals surface area contributed by atoms with Crippen LogP contribution in [-0.2, 0) is 9.53 Å². The van der Waals surface area contributed by atoms with E-state index in [4.69, 9.17) is 9.84 Å². The molecule has 0 aliphatic carbocycles. The number of rotatable bonds is 8. The number of ether oxygens (including phenoxy) is 1. The molecular formula is C20H32N6O6. The second-order valence-electron chi connectivity index (χ2n) is 8.94. The van der Waals surface area contributed by atoms with Crippen molar-refractivity contribution in [1.82, 2.24) is 24.8 Å². The van der Waals surface area contributed by atoms with Gasteiger partial charge in [0.1, 0.15) is 0 Å². The fourth-order valence-electron chi connectivity index (χ4n) is 5.02. The van der Waals surface area contributed by atoms with E-state index in [0.717, 1.165) is 45.2 Å². The zero-order valence-electron chi connectivity index (χ0n) is 18.4. The molecule has 3 fully saturated rings. The number of aromatic amines is 1. The number of anilines is 1. The summed E-state index contributed by atoms with van der Waals surface area (Å²) in [7, 11) is 1.80. The zero-order chi connectivity index (χ0) is 22.7. The van der Waals surface area contributed by atoms with Gasteiger partial charge in [-0.05, 0) is 30.3 Å². The van der Waals surface area contributed by atoms with Crippen molar-refractivity contribution in [3.05, 3.63) is 10.6 Å². The molecule has 12 heteroatoms. The lowest BCUT2D eigenvalue weighted by molar-refractivity contribution is -0.139. The van der Waals surface area contributed by atoms with Crippen molar-refractivity contribution in [2.24, 2.45) is 5.92 Å². The van der Waals surface area contributed by atoms with E-state index in [0.29, 0.717) is 38.0 Å². The van der Waals surface area contributed by atoms with Crippen LogP contribution in [0, 0.1) is 5.92 Å². The Morgan fingerprint density at radius 1 is 1.12 bits per heavy atom. The molecule has 1 aromatic heterocycles. The molecular weight excluding hydrogens is 420 g/mol. The van der Waals surface area contributed by atoms with Gasteiger partial charge in [0.2, 0.25) is 5.95 Å². The predicted molar refractivity (Wildman–Crippen MR) is 113 cm³/mol. The first-order chi connectivity index (χ1) is 15.4. The maximum absolute atomic E-state index is 12.2. The summed E-state index contributed by atoms with van der Waals surface area (Å²) in [6, 6.07) is 0.00817. The number of aromatic nitrogens is 2. The van der Waals surface area contributed by atoms with Crippen LogP contribution in [0.5, 0.6) is 0 Å². The molecule has 32 heavy (non-hydrogen) atoms. The summed E-state index contributed by atoms with van der Waals surface area (Å²) in [6.07, 6.45) is 4.46. The number of carboxylic acid groups (broad SMARTS) is 1. The summed E-state index contributed by atoms with van der Waals surface area (Å²) in [5.74, 6) is -0.241. The van der Waals surface area contributed by atoms with E-state index in [1.807, 2.05) is 9.80 Å². The van der Waals surface area contributed by atoms with Crippen molar-refractivity contribution < 1.29 is 24.0 Å². The molecule has 0 radical (unpaired) electrons. The molecule has 3 aliphatic rings. The Kier molecular flexibility index (Phi) is 6.99. The lowest BCUT2D eigenvalue weighted by Gasteiger charge is -2.38. The number of carbonyl (C=O) groups is 2. The van der Waals surface area contributed by atoms with Gasteiger partial charge in [-0.15, -0.1) is 0 Å². The number of aliphatic carboxylic acids is 1. The van der Waals surface area contributed by atoms with E-state index in [1.165, 1.54) is 0 Å². The Morgan fingerprint density at radius 3 is 2.47 bits per heavy atom. The Hall–Kier alpha value is -2.60. The van der Waals surface area contributed by atoms with Gasteiger partial charge in [0, 0.05) is 46.3 Å². The molecule has 2 N–H and O–H groups in total. The fourth-order valence-corrected chi connectivity index (χ4v) is 5.02. The van der Waals surface area contributed by atoms with Crippen molar-refractivity contribution in [2.75, 3.05) is 57.8 Å². The summed E-state index contributed by atoms with van der Waals surface area (Å²) >= 11 is 0. The van der Waals surface area contributed by atoms with Crippen LogP contribution in [0.1, 0.15) is 32.1 Å². The summed E-state index contributed by atoms with van der Waals surface area (Å²) in [4.78, 5) is 44.7. The van der Waals surface area contributed by atoms with E-state index < -0.39 is 11.7 Å². The first-order valence-electron chi connectivity index (χ1n) is 11.3. The van der Waals surface area contributed by atoms with Crippen LogP contribution < -0.4 is 10.7 Å². The first-order valence-corrected chi connectivity index (χ1v) is 11.3. The highest BCUT2D eigenvalue weighted by Crippen LogP contribution is 2.29. The normalized spacial score (nSPS) is 26.0. The number of likely N-dealkylation sites (N-methyl/N-ethyl adjacent to an activating group) is 1. The average molecular weight is 453 g/mol. The van der Waals surface area contributed by atoms with Gasteiger partial charge in [0.05, 0.1) is 12.6 Å². The second kappa shape index (κ2) is 9.90. The quantitative estimate of drug-likeness (QED) is 0.564. The van der Waals surface area contributed by atoms with Crippen LogP contribution >= 0.6 is 0 Å². The standard InChI is InChI=1S/C20H32N6O6/c1-23-15(17(31-20(23)30)25-11-9-24(10-12-25)13-16(27)28)4-2-3-14-5-7-26(8-6-14)18-21-19(29)32-22-18/h14-15,17H,2-13H2,1H3,(H,27,28)(H,21,22,29). The second-order valence-corrected chi connectivity index (χ2v) is 8.94. The zero-order valence-corrected chi connectivity index (χ0v) is 18.4. The number of carbonyl (C=O) groups excluding carboxylic acids is 1. The Labute approximate surface area is 186 Å². The van der Waals surface area contributed by atoms with Gasteiger partial charge in [-0.2, -0.15) is 0 Å². The maximum Gasteiger partial charge on any atom is 0.440 e. The molecule has 0 spiro atoms. The number of nitrogens with one attached hydrogen (secondary N) is 1. The van der Waals surface area contributed by atoms with Gasteiger partial charge in [0.25, 0.3) is 0 Å².